The molecule has 1 spiro atoms. The van der Waals surface area contributed by atoms with Crippen molar-refractivity contribution in [1.82, 2.24) is 4.90 Å². The van der Waals surface area contributed by atoms with Gasteiger partial charge in [0.2, 0.25) is 5.91 Å². The minimum atomic E-state index is -3.33. The number of unbranched alkanes of at least 4 members (excludes halogenated alkanes) is 2. The molecule has 1 aliphatic carbocycles. The van der Waals surface area contributed by atoms with Crippen LogP contribution in [0.2, 0.25) is 0 Å². The molecular formula is C15H25NO5S. The van der Waals surface area contributed by atoms with Gasteiger partial charge in [-0.25, -0.2) is 8.42 Å². The second kappa shape index (κ2) is 6.56. The van der Waals surface area contributed by atoms with E-state index in [0.29, 0.717) is 38.8 Å². The number of likely N-dealkylation sites (tertiary alicyclic amines) is 1. The Balaban J connectivity index is 1.79. The molecule has 0 bridgehead atoms. The largest absolute Gasteiger partial charge is 0.481 e. The smallest absolute Gasteiger partial charge is 0.307 e. The molecule has 0 aromatic carbocycles. The van der Waals surface area contributed by atoms with Crippen LogP contribution >= 0.6 is 0 Å². The van der Waals surface area contributed by atoms with Crippen molar-refractivity contribution < 1.29 is 23.1 Å². The van der Waals surface area contributed by atoms with Crippen LogP contribution in [-0.4, -0.2) is 54.9 Å². The monoisotopic (exact) mass is 331 g/mol. The van der Waals surface area contributed by atoms with Crippen LogP contribution in [-0.2, 0) is 19.4 Å². The summed E-state index contributed by atoms with van der Waals surface area (Å²) in [7, 11) is -3.33. The number of sulfone groups is 1. The molecule has 2 aliphatic rings. The van der Waals surface area contributed by atoms with E-state index >= 15 is 0 Å². The Labute approximate surface area is 131 Å². The number of carbonyl (C=O) groups excluding carboxylic acids is 1. The first kappa shape index (κ1) is 17.2. The predicted molar refractivity (Wildman–Crippen MR) is 82.2 cm³/mol. The molecule has 1 aliphatic heterocycles. The number of nitrogens with zero attached hydrogens (tertiary/aromatic N) is 1. The summed E-state index contributed by atoms with van der Waals surface area (Å²) in [5.74, 6) is -1.70. The summed E-state index contributed by atoms with van der Waals surface area (Å²) < 4.78 is 23.8. The third-order valence-corrected chi connectivity index (χ3v) is 6.60. The van der Waals surface area contributed by atoms with Gasteiger partial charge < -0.3 is 10.0 Å². The first-order chi connectivity index (χ1) is 10.3. The molecule has 1 heterocycles. The fourth-order valence-corrected chi connectivity index (χ4v) is 4.72. The molecule has 0 radical (unpaired) electrons. The lowest BCUT2D eigenvalue weighted by atomic mass is 9.91. The summed E-state index contributed by atoms with van der Waals surface area (Å²) in [6.07, 6.45) is 4.45. The van der Waals surface area contributed by atoms with Crippen molar-refractivity contribution in [3.8, 4) is 0 Å². The maximum absolute atomic E-state index is 12.1. The molecular weight excluding hydrogens is 306 g/mol. The second-order valence-electron chi connectivity index (χ2n) is 6.64. The van der Waals surface area contributed by atoms with Gasteiger partial charge in [-0.15, -0.1) is 0 Å². The molecule has 6 nitrogen and oxygen atoms in total. The van der Waals surface area contributed by atoms with Crippen LogP contribution in [0.5, 0.6) is 0 Å². The van der Waals surface area contributed by atoms with E-state index in [2.05, 4.69) is 0 Å². The van der Waals surface area contributed by atoms with Crippen LogP contribution in [0.25, 0.3) is 0 Å². The number of piperidine rings is 1. The standard InChI is InChI=1S/C15H25NO5S/c1-2-3-4-9-22(20,21)11-13(17)16-7-5-15(6-8-16)10-12(15)14(18)19/h12H,2-11H2,1H3,(H,18,19). The van der Waals surface area contributed by atoms with Gasteiger partial charge in [0.15, 0.2) is 9.84 Å². The van der Waals surface area contributed by atoms with Crippen molar-refractivity contribution in [2.24, 2.45) is 11.3 Å². The highest BCUT2D eigenvalue weighted by molar-refractivity contribution is 7.92. The molecule has 0 aromatic heterocycles. The van der Waals surface area contributed by atoms with Crippen LogP contribution in [0.3, 0.4) is 0 Å². The molecule has 2 fully saturated rings. The molecule has 1 saturated carbocycles. The van der Waals surface area contributed by atoms with Gasteiger partial charge in [0.05, 0.1) is 11.7 Å². The Kier molecular flexibility index (Phi) is 5.14. The van der Waals surface area contributed by atoms with Crippen LogP contribution < -0.4 is 0 Å². The van der Waals surface area contributed by atoms with Crippen molar-refractivity contribution >= 4 is 21.7 Å². The third-order valence-electron chi connectivity index (χ3n) is 5.00. The lowest BCUT2D eigenvalue weighted by Crippen LogP contribution is -2.42. The molecule has 1 unspecified atom stereocenters. The molecule has 0 aromatic rings. The zero-order valence-corrected chi connectivity index (χ0v) is 13.9. The van der Waals surface area contributed by atoms with E-state index in [0.717, 1.165) is 12.8 Å². The van der Waals surface area contributed by atoms with E-state index in [-0.39, 0.29) is 23.0 Å². The Bertz CT molecular complexity index is 534. The normalized spacial score (nSPS) is 23.5. The third kappa shape index (κ3) is 4.00. The van der Waals surface area contributed by atoms with E-state index < -0.39 is 21.6 Å². The Morgan fingerprint density at radius 1 is 1.23 bits per heavy atom. The molecule has 126 valence electrons. The van der Waals surface area contributed by atoms with Gasteiger partial charge in [0, 0.05) is 13.1 Å². The molecule has 1 atom stereocenters. The van der Waals surface area contributed by atoms with Gasteiger partial charge in [-0.3, -0.25) is 9.59 Å². The SMILES string of the molecule is CCCCCS(=O)(=O)CC(=O)N1CCC2(CC1)CC2C(=O)O. The highest BCUT2D eigenvalue weighted by Gasteiger charge is 2.59. The first-order valence-corrected chi connectivity index (χ1v) is 9.83. The number of carbonyl (C=O) groups is 2. The van der Waals surface area contributed by atoms with E-state index in [1.165, 1.54) is 0 Å². The minimum absolute atomic E-state index is 0.0748. The van der Waals surface area contributed by atoms with Crippen molar-refractivity contribution in [2.45, 2.75) is 45.4 Å². The number of aliphatic carboxylic acids is 1. The molecule has 2 rings (SSSR count). The highest BCUT2D eigenvalue weighted by atomic mass is 32.2. The Hall–Kier alpha value is -1.11. The van der Waals surface area contributed by atoms with Crippen molar-refractivity contribution in [3.63, 3.8) is 0 Å². The average Bonchev–Trinajstić information content (AvgIpc) is 3.13. The zero-order valence-electron chi connectivity index (χ0n) is 13.1. The molecule has 7 heteroatoms. The summed E-state index contributed by atoms with van der Waals surface area (Å²) in [4.78, 5) is 24.7. The topological polar surface area (TPSA) is 91.8 Å². The maximum atomic E-state index is 12.1. The van der Waals surface area contributed by atoms with Gasteiger partial charge in [0.25, 0.3) is 0 Å². The number of hydrogen-bond donors (Lipinski definition) is 1. The van der Waals surface area contributed by atoms with Crippen molar-refractivity contribution in [3.05, 3.63) is 0 Å². The second-order valence-corrected chi connectivity index (χ2v) is 8.82. The molecule has 1 amide bonds. The van der Waals surface area contributed by atoms with Gasteiger partial charge in [-0.1, -0.05) is 19.8 Å². The fourth-order valence-electron chi connectivity index (χ4n) is 3.37. The lowest BCUT2D eigenvalue weighted by Gasteiger charge is -2.32. The zero-order chi connectivity index (χ0) is 16.4. The highest BCUT2D eigenvalue weighted by Crippen LogP contribution is 2.59. The summed E-state index contributed by atoms with van der Waals surface area (Å²) in [5, 5.41) is 9.04. The predicted octanol–water partition coefficient (Wildman–Crippen LogP) is 1.30. The maximum Gasteiger partial charge on any atom is 0.307 e. The summed E-state index contributed by atoms with van der Waals surface area (Å²) >= 11 is 0. The molecule has 22 heavy (non-hydrogen) atoms. The minimum Gasteiger partial charge on any atom is -0.481 e. The van der Waals surface area contributed by atoms with Gasteiger partial charge in [0.1, 0.15) is 5.75 Å². The number of rotatable bonds is 7. The van der Waals surface area contributed by atoms with Crippen LogP contribution in [0, 0.1) is 11.3 Å². The Morgan fingerprint density at radius 2 is 1.86 bits per heavy atom. The molecule has 1 saturated heterocycles. The quantitative estimate of drug-likeness (QED) is 0.710. The first-order valence-electron chi connectivity index (χ1n) is 8.01. The summed E-state index contributed by atoms with van der Waals surface area (Å²) in [5.41, 5.74) is -0.136. The van der Waals surface area contributed by atoms with Gasteiger partial charge >= 0.3 is 5.97 Å². The van der Waals surface area contributed by atoms with Gasteiger partial charge in [-0.05, 0) is 31.1 Å². The summed E-state index contributed by atoms with van der Waals surface area (Å²) in [6.45, 7) is 2.96. The van der Waals surface area contributed by atoms with Crippen LogP contribution in [0.1, 0.15) is 45.4 Å². The van der Waals surface area contributed by atoms with Gasteiger partial charge in [-0.2, -0.15) is 0 Å². The van der Waals surface area contributed by atoms with Crippen molar-refractivity contribution in [1.29, 1.82) is 0 Å². The number of carboxylic acid groups (broad SMARTS) is 1. The summed E-state index contributed by atoms with van der Waals surface area (Å²) in [6, 6.07) is 0. The van der Waals surface area contributed by atoms with Crippen LogP contribution in [0.4, 0.5) is 0 Å². The number of carboxylic acids is 1. The fraction of sp³-hybridized carbons (Fsp3) is 0.867. The molecule has 1 N–H and O–H groups in total. The number of hydrogen-bond acceptors (Lipinski definition) is 4. The number of amides is 1. The van der Waals surface area contributed by atoms with E-state index in [1.54, 1.807) is 4.90 Å². The van der Waals surface area contributed by atoms with Crippen molar-refractivity contribution in [2.75, 3.05) is 24.6 Å². The Morgan fingerprint density at radius 3 is 2.36 bits per heavy atom. The lowest BCUT2D eigenvalue weighted by molar-refractivity contribution is -0.139. The van der Waals surface area contributed by atoms with Crippen LogP contribution in [0.15, 0.2) is 0 Å². The average molecular weight is 331 g/mol. The van der Waals surface area contributed by atoms with E-state index in [4.69, 9.17) is 5.11 Å². The van der Waals surface area contributed by atoms with E-state index in [9.17, 15) is 18.0 Å². The van der Waals surface area contributed by atoms with E-state index in [1.807, 2.05) is 6.92 Å².